The standard InChI is InChI=1S/C31H41FN4O3Si/c1-31(2,3)40(4,5)39-28(22-32)23-38-27-15-9-24(10-16-27)30(37)34-25-11-13-26(14-12-25)35-18-20-36(21-19-35)29-8-6-7-17-33-29/h6-17,28H,18-23H2,1-5H3,(H,34,37). The number of benzene rings is 2. The lowest BCUT2D eigenvalue weighted by atomic mass is 10.2. The first-order valence-corrected chi connectivity index (χ1v) is 16.8. The highest BCUT2D eigenvalue weighted by Gasteiger charge is 2.39. The number of amides is 1. The van der Waals surface area contributed by atoms with Gasteiger partial charge in [-0.05, 0) is 78.8 Å². The molecular weight excluding hydrogens is 523 g/mol. The molecule has 1 atom stereocenters. The summed E-state index contributed by atoms with van der Waals surface area (Å²) in [5, 5.41) is 2.95. The van der Waals surface area contributed by atoms with Gasteiger partial charge >= 0.3 is 0 Å². The van der Waals surface area contributed by atoms with E-state index in [2.05, 4.69) is 54.0 Å². The number of aromatic nitrogens is 1. The van der Waals surface area contributed by atoms with Gasteiger partial charge in [0.25, 0.3) is 5.91 Å². The summed E-state index contributed by atoms with van der Waals surface area (Å²) in [7, 11) is -2.10. The number of ether oxygens (including phenoxy) is 1. The number of halogens is 1. The molecule has 0 saturated carbocycles. The van der Waals surface area contributed by atoms with E-state index in [4.69, 9.17) is 9.16 Å². The number of anilines is 3. The van der Waals surface area contributed by atoms with E-state index in [0.717, 1.165) is 43.4 Å². The molecule has 0 radical (unpaired) electrons. The van der Waals surface area contributed by atoms with Crippen LogP contribution >= 0.6 is 0 Å². The van der Waals surface area contributed by atoms with E-state index < -0.39 is 21.1 Å². The molecule has 1 N–H and O–H groups in total. The molecule has 1 aliphatic heterocycles. The summed E-state index contributed by atoms with van der Waals surface area (Å²) in [6, 6.07) is 20.8. The highest BCUT2D eigenvalue weighted by molar-refractivity contribution is 6.74. The number of piperazine rings is 1. The maximum absolute atomic E-state index is 13.6. The summed E-state index contributed by atoms with van der Waals surface area (Å²) in [6.45, 7) is 13.7. The number of pyridine rings is 1. The number of alkyl halides is 1. The molecule has 2 heterocycles. The van der Waals surface area contributed by atoms with Crippen LogP contribution in [0, 0.1) is 0 Å². The van der Waals surface area contributed by atoms with Crippen molar-refractivity contribution in [2.24, 2.45) is 0 Å². The van der Waals surface area contributed by atoms with Crippen molar-refractivity contribution in [3.05, 3.63) is 78.5 Å². The fourth-order valence-electron chi connectivity index (χ4n) is 4.29. The van der Waals surface area contributed by atoms with Crippen LogP contribution in [-0.4, -0.2) is 64.8 Å². The van der Waals surface area contributed by atoms with Gasteiger partial charge < -0.3 is 24.3 Å². The summed E-state index contributed by atoms with van der Waals surface area (Å²) in [4.78, 5) is 21.9. The third-order valence-electron chi connectivity index (χ3n) is 7.74. The Kier molecular flexibility index (Phi) is 9.47. The summed E-state index contributed by atoms with van der Waals surface area (Å²) in [6.07, 6.45) is 1.21. The van der Waals surface area contributed by atoms with Crippen LogP contribution in [0.3, 0.4) is 0 Å². The molecule has 4 rings (SSSR count). The molecule has 1 unspecified atom stereocenters. The number of hydrogen-bond acceptors (Lipinski definition) is 6. The van der Waals surface area contributed by atoms with Crippen molar-refractivity contribution in [2.45, 2.75) is 45.0 Å². The first-order chi connectivity index (χ1) is 19.1. The Hall–Kier alpha value is -3.43. The Morgan fingerprint density at radius 3 is 2.20 bits per heavy atom. The average Bonchev–Trinajstić information content (AvgIpc) is 2.96. The van der Waals surface area contributed by atoms with Gasteiger partial charge in [0, 0.05) is 49.3 Å². The van der Waals surface area contributed by atoms with Crippen LogP contribution in [0.4, 0.5) is 21.6 Å². The van der Waals surface area contributed by atoms with E-state index in [0.29, 0.717) is 11.3 Å². The van der Waals surface area contributed by atoms with E-state index in [1.54, 1.807) is 24.3 Å². The Morgan fingerprint density at radius 2 is 1.62 bits per heavy atom. The number of carbonyl (C=O) groups is 1. The van der Waals surface area contributed by atoms with Gasteiger partial charge in [-0.2, -0.15) is 0 Å². The highest BCUT2D eigenvalue weighted by Crippen LogP contribution is 2.37. The average molecular weight is 565 g/mol. The second kappa shape index (κ2) is 12.8. The number of carbonyl (C=O) groups excluding carboxylic acids is 1. The number of hydrogen-bond donors (Lipinski definition) is 1. The molecule has 9 heteroatoms. The molecule has 1 aliphatic rings. The molecular formula is C31H41FN4O3Si. The van der Waals surface area contributed by atoms with E-state index in [-0.39, 0.29) is 17.6 Å². The quantitative estimate of drug-likeness (QED) is 0.288. The van der Waals surface area contributed by atoms with Crippen molar-refractivity contribution >= 4 is 31.4 Å². The third-order valence-corrected chi connectivity index (χ3v) is 12.3. The lowest BCUT2D eigenvalue weighted by Gasteiger charge is -2.38. The van der Waals surface area contributed by atoms with Crippen LogP contribution in [0.15, 0.2) is 72.9 Å². The summed E-state index contributed by atoms with van der Waals surface area (Å²) in [5.74, 6) is 1.38. The van der Waals surface area contributed by atoms with Crippen molar-refractivity contribution in [3.63, 3.8) is 0 Å². The van der Waals surface area contributed by atoms with Crippen LogP contribution in [0.2, 0.25) is 18.1 Å². The second-order valence-electron chi connectivity index (χ2n) is 11.7. The van der Waals surface area contributed by atoms with Crippen molar-refractivity contribution < 1.29 is 18.3 Å². The Morgan fingerprint density at radius 1 is 0.975 bits per heavy atom. The second-order valence-corrected chi connectivity index (χ2v) is 16.4. The van der Waals surface area contributed by atoms with Gasteiger partial charge in [-0.3, -0.25) is 4.79 Å². The van der Waals surface area contributed by atoms with Gasteiger partial charge in [-0.15, -0.1) is 0 Å². The zero-order valence-corrected chi connectivity index (χ0v) is 25.2. The van der Waals surface area contributed by atoms with Crippen molar-refractivity contribution in [3.8, 4) is 5.75 Å². The van der Waals surface area contributed by atoms with Crippen molar-refractivity contribution in [1.82, 2.24) is 4.98 Å². The van der Waals surface area contributed by atoms with Crippen LogP contribution in [0.5, 0.6) is 5.75 Å². The fourth-order valence-corrected chi connectivity index (χ4v) is 5.61. The summed E-state index contributed by atoms with van der Waals surface area (Å²) in [5.41, 5.74) is 2.38. The molecule has 1 aromatic heterocycles. The fraction of sp³-hybridized carbons (Fsp3) is 0.419. The minimum absolute atomic E-state index is 0.00823. The van der Waals surface area contributed by atoms with Gasteiger partial charge in [0.15, 0.2) is 8.32 Å². The van der Waals surface area contributed by atoms with Crippen molar-refractivity contribution in [2.75, 3.05) is 54.6 Å². The lowest BCUT2D eigenvalue weighted by Crippen LogP contribution is -2.46. The largest absolute Gasteiger partial charge is 0.491 e. The minimum Gasteiger partial charge on any atom is -0.491 e. The SMILES string of the molecule is CC(C)(C)[Si](C)(C)OC(CF)COc1ccc(C(=O)Nc2ccc(N3CCN(c4ccccn4)CC3)cc2)cc1. The van der Waals surface area contributed by atoms with Crippen LogP contribution in [0.25, 0.3) is 0 Å². The van der Waals surface area contributed by atoms with Gasteiger partial charge in [0.2, 0.25) is 0 Å². The van der Waals surface area contributed by atoms with Gasteiger partial charge in [-0.1, -0.05) is 26.8 Å². The molecule has 2 aromatic carbocycles. The highest BCUT2D eigenvalue weighted by atomic mass is 28.4. The topological polar surface area (TPSA) is 66.9 Å². The molecule has 214 valence electrons. The predicted octanol–water partition coefficient (Wildman–Crippen LogP) is 6.40. The monoisotopic (exact) mass is 564 g/mol. The van der Waals surface area contributed by atoms with Crippen LogP contribution in [-0.2, 0) is 4.43 Å². The van der Waals surface area contributed by atoms with Crippen LogP contribution < -0.4 is 19.9 Å². The van der Waals surface area contributed by atoms with E-state index in [1.165, 1.54) is 0 Å². The van der Waals surface area contributed by atoms with Gasteiger partial charge in [-0.25, -0.2) is 9.37 Å². The van der Waals surface area contributed by atoms with Crippen LogP contribution in [0.1, 0.15) is 31.1 Å². The number of nitrogens with one attached hydrogen (secondary N) is 1. The maximum atomic E-state index is 13.6. The molecule has 1 amide bonds. The van der Waals surface area contributed by atoms with Crippen molar-refractivity contribution in [1.29, 1.82) is 0 Å². The summed E-state index contributed by atoms with van der Waals surface area (Å²) < 4.78 is 25.6. The first kappa shape index (κ1) is 29.5. The van der Waals surface area contributed by atoms with Gasteiger partial charge in [0.1, 0.15) is 31.0 Å². The normalized spacial score (nSPS) is 15.1. The smallest absolute Gasteiger partial charge is 0.255 e. The zero-order valence-electron chi connectivity index (χ0n) is 24.2. The molecule has 1 saturated heterocycles. The Labute approximate surface area is 238 Å². The van der Waals surface area contributed by atoms with E-state index >= 15 is 0 Å². The molecule has 0 spiro atoms. The first-order valence-electron chi connectivity index (χ1n) is 13.8. The number of rotatable bonds is 10. The number of nitrogens with zero attached hydrogens (tertiary/aromatic N) is 3. The minimum atomic E-state index is -2.10. The molecule has 0 aliphatic carbocycles. The molecule has 1 fully saturated rings. The van der Waals surface area contributed by atoms with Gasteiger partial charge in [0.05, 0.1) is 0 Å². The molecule has 7 nitrogen and oxygen atoms in total. The van der Waals surface area contributed by atoms with E-state index in [1.807, 2.05) is 48.7 Å². The predicted molar refractivity (Wildman–Crippen MR) is 163 cm³/mol. The lowest BCUT2D eigenvalue weighted by molar-refractivity contribution is 0.0919. The Bertz CT molecular complexity index is 1230. The van der Waals surface area contributed by atoms with E-state index in [9.17, 15) is 9.18 Å². The Balaban J connectivity index is 1.25. The molecule has 0 bridgehead atoms. The summed E-state index contributed by atoms with van der Waals surface area (Å²) >= 11 is 0. The third kappa shape index (κ3) is 7.60. The molecule has 40 heavy (non-hydrogen) atoms. The zero-order chi connectivity index (χ0) is 28.8. The maximum Gasteiger partial charge on any atom is 0.255 e. The molecule has 3 aromatic rings.